The van der Waals surface area contributed by atoms with E-state index < -0.39 is 28.7 Å². The number of fused-ring (bicyclic) bond motifs is 3. The average Bonchev–Trinajstić information content (AvgIpc) is 3.01. The van der Waals surface area contributed by atoms with Gasteiger partial charge in [0.2, 0.25) is 10.0 Å². The highest BCUT2D eigenvalue weighted by atomic mass is 32.2. The van der Waals surface area contributed by atoms with Crippen LogP contribution in [0.25, 0.3) is 21.9 Å². The molecule has 0 aliphatic rings. The van der Waals surface area contributed by atoms with E-state index in [1.807, 2.05) is 0 Å². The molecule has 0 saturated carbocycles. The van der Waals surface area contributed by atoms with E-state index in [1.54, 1.807) is 41.2 Å². The lowest BCUT2D eigenvalue weighted by atomic mass is 10.2. The van der Waals surface area contributed by atoms with Crippen LogP contribution in [0, 0.1) is 0 Å². The molecule has 10 heteroatoms. The quantitative estimate of drug-likeness (QED) is 0.765. The Morgan fingerprint density at radius 3 is 2.44 bits per heavy atom. The van der Waals surface area contributed by atoms with Crippen LogP contribution in [-0.4, -0.2) is 41.8 Å². The molecule has 1 aromatic carbocycles. The summed E-state index contributed by atoms with van der Waals surface area (Å²) in [7, 11) is -2.24. The molecule has 0 spiro atoms. The second-order valence-corrected chi connectivity index (χ2v) is 7.50. The number of para-hydroxylation sites is 1. The lowest BCUT2D eigenvalue weighted by Gasteiger charge is -2.10. The van der Waals surface area contributed by atoms with Crippen LogP contribution >= 0.6 is 0 Å². The monoisotopic (exact) mass is 373 g/mol. The van der Waals surface area contributed by atoms with Crippen molar-refractivity contribution in [2.24, 2.45) is 7.05 Å². The van der Waals surface area contributed by atoms with E-state index in [0.29, 0.717) is 10.9 Å². The zero-order valence-electron chi connectivity index (χ0n) is 13.3. The van der Waals surface area contributed by atoms with Gasteiger partial charge in [0.15, 0.2) is 0 Å². The number of aromatic nitrogens is 2. The number of nitrogens with zero attached hydrogens (tertiary/aromatic N) is 2. The van der Waals surface area contributed by atoms with Crippen molar-refractivity contribution in [2.45, 2.75) is 6.18 Å². The molecule has 3 aromatic rings. The van der Waals surface area contributed by atoms with Gasteiger partial charge in [0.25, 0.3) is 5.91 Å². The molecular weight excluding hydrogens is 359 g/mol. The van der Waals surface area contributed by atoms with Gasteiger partial charge in [0.1, 0.15) is 12.2 Å². The van der Waals surface area contributed by atoms with Gasteiger partial charge >= 0.3 is 6.18 Å². The predicted octanol–water partition coefficient (Wildman–Crippen LogP) is 2.23. The lowest BCUT2D eigenvalue weighted by Crippen LogP contribution is -2.35. The Bertz CT molecular complexity index is 1090. The molecule has 0 radical (unpaired) electrons. The van der Waals surface area contributed by atoms with Crippen LogP contribution in [0.3, 0.4) is 0 Å². The summed E-state index contributed by atoms with van der Waals surface area (Å²) in [6, 6.07) is 8.25. The Morgan fingerprint density at radius 2 is 1.84 bits per heavy atom. The maximum atomic E-state index is 12.3. The maximum Gasteiger partial charge on any atom is 0.405 e. The summed E-state index contributed by atoms with van der Waals surface area (Å²) in [6.07, 6.45) is -3.70. The number of nitrogens with one attached hydrogen (secondary N) is 1. The van der Waals surface area contributed by atoms with Gasteiger partial charge in [-0.3, -0.25) is 4.79 Å². The van der Waals surface area contributed by atoms with E-state index in [4.69, 9.17) is 0 Å². The first-order valence-electron chi connectivity index (χ1n) is 7.15. The fourth-order valence-corrected chi connectivity index (χ4v) is 3.87. The minimum atomic E-state index is -4.59. The van der Waals surface area contributed by atoms with Crippen LogP contribution in [-0.2, 0) is 17.1 Å². The van der Waals surface area contributed by atoms with E-state index >= 15 is 0 Å². The molecule has 0 saturated heterocycles. The first-order chi connectivity index (χ1) is 11.5. The van der Waals surface area contributed by atoms with Crippen molar-refractivity contribution in [3.8, 4) is 0 Å². The molecule has 0 unspecified atom stereocenters. The molecule has 6 nitrogen and oxygen atoms in total. The molecule has 3 rings (SSSR count). The third kappa shape index (κ3) is 2.97. The highest BCUT2D eigenvalue weighted by Gasteiger charge is 2.30. The highest BCUT2D eigenvalue weighted by molar-refractivity contribution is 7.89. The van der Waals surface area contributed by atoms with Gasteiger partial charge in [0, 0.05) is 12.4 Å². The maximum absolute atomic E-state index is 12.3. The molecule has 25 heavy (non-hydrogen) atoms. The number of alkyl halides is 3. The summed E-state index contributed by atoms with van der Waals surface area (Å²) in [4.78, 5) is 12.2. The number of carbonyl (C=O) groups excluding carboxylic acids is 1. The smallest absolute Gasteiger partial charge is 0.342 e. The van der Waals surface area contributed by atoms with E-state index in [0.717, 1.165) is 15.7 Å². The summed E-state index contributed by atoms with van der Waals surface area (Å²) in [5.41, 5.74) is 1.08. The molecule has 0 atom stereocenters. The Morgan fingerprint density at radius 1 is 1.20 bits per heavy atom. The number of rotatable bonds is 3. The number of amides is 1. The summed E-state index contributed by atoms with van der Waals surface area (Å²) in [6.45, 7) is -1.54. The predicted molar refractivity (Wildman–Crippen MR) is 87.0 cm³/mol. The van der Waals surface area contributed by atoms with Crippen LogP contribution in [0.5, 0.6) is 0 Å². The Hall–Kier alpha value is -2.49. The van der Waals surface area contributed by atoms with Crippen LogP contribution in [0.1, 0.15) is 10.5 Å². The fourth-order valence-electron chi connectivity index (χ4n) is 2.85. The SMILES string of the molecule is Cn1c2ccccc2c2c1cc(C(=O)NCC(F)(F)F)n2S(C)(=O)=O. The van der Waals surface area contributed by atoms with Gasteiger partial charge in [-0.1, -0.05) is 18.2 Å². The third-order valence-electron chi connectivity index (χ3n) is 3.83. The van der Waals surface area contributed by atoms with Gasteiger partial charge in [-0.05, 0) is 12.1 Å². The average molecular weight is 373 g/mol. The van der Waals surface area contributed by atoms with Gasteiger partial charge in [-0.2, -0.15) is 13.2 Å². The molecule has 2 aromatic heterocycles. The minimum Gasteiger partial charge on any atom is -0.342 e. The molecule has 0 bridgehead atoms. The van der Waals surface area contributed by atoms with Crippen molar-refractivity contribution in [3.63, 3.8) is 0 Å². The second kappa shape index (κ2) is 5.51. The zero-order valence-corrected chi connectivity index (χ0v) is 14.1. The molecule has 134 valence electrons. The normalized spacial score (nSPS) is 12.8. The lowest BCUT2D eigenvalue weighted by molar-refractivity contribution is -0.123. The number of halogens is 3. The number of carbonyl (C=O) groups is 1. The second-order valence-electron chi connectivity index (χ2n) is 5.66. The standard InChI is InChI=1S/C15H14F3N3O3S/c1-20-10-6-4-3-5-9(10)13-11(20)7-12(21(13)25(2,23)24)14(22)19-8-15(16,17)18/h3-7H,8H2,1-2H3,(H,19,22). The van der Waals surface area contributed by atoms with Crippen molar-refractivity contribution in [1.82, 2.24) is 13.9 Å². The van der Waals surface area contributed by atoms with Crippen LogP contribution in [0.15, 0.2) is 30.3 Å². The summed E-state index contributed by atoms with van der Waals surface area (Å²) in [5.74, 6) is -1.11. The largest absolute Gasteiger partial charge is 0.405 e. The van der Waals surface area contributed by atoms with Crippen LogP contribution < -0.4 is 5.32 Å². The summed E-state index contributed by atoms with van der Waals surface area (Å²) in [5, 5.41) is 2.29. The third-order valence-corrected chi connectivity index (χ3v) is 4.88. The fraction of sp³-hybridized carbons (Fsp3) is 0.267. The highest BCUT2D eigenvalue weighted by Crippen LogP contribution is 2.32. The van der Waals surface area contributed by atoms with Crippen LogP contribution in [0.4, 0.5) is 13.2 Å². The Balaban J connectivity index is 2.27. The molecule has 0 fully saturated rings. The molecular formula is C15H14F3N3O3S. The first kappa shape index (κ1) is 17.3. The van der Waals surface area contributed by atoms with Gasteiger partial charge in [-0.15, -0.1) is 0 Å². The molecule has 0 aliphatic carbocycles. The zero-order chi connectivity index (χ0) is 18.6. The molecule has 0 aliphatic heterocycles. The minimum absolute atomic E-state index is 0.262. The summed E-state index contributed by atoms with van der Waals surface area (Å²) >= 11 is 0. The van der Waals surface area contributed by atoms with E-state index in [1.165, 1.54) is 6.07 Å². The van der Waals surface area contributed by atoms with E-state index in [2.05, 4.69) is 0 Å². The van der Waals surface area contributed by atoms with Crippen molar-refractivity contribution in [1.29, 1.82) is 0 Å². The molecule has 1 N–H and O–H groups in total. The molecule has 1 amide bonds. The van der Waals surface area contributed by atoms with Gasteiger partial charge < -0.3 is 9.88 Å². The van der Waals surface area contributed by atoms with Crippen molar-refractivity contribution < 1.29 is 26.4 Å². The van der Waals surface area contributed by atoms with E-state index in [9.17, 15) is 26.4 Å². The van der Waals surface area contributed by atoms with Gasteiger partial charge in [0.05, 0.1) is 22.8 Å². The Kier molecular flexibility index (Phi) is 3.82. The van der Waals surface area contributed by atoms with E-state index in [-0.39, 0.29) is 11.2 Å². The number of hydrogen-bond donors (Lipinski definition) is 1. The van der Waals surface area contributed by atoms with Crippen molar-refractivity contribution >= 4 is 37.9 Å². The number of benzene rings is 1. The number of hydrogen-bond acceptors (Lipinski definition) is 3. The van der Waals surface area contributed by atoms with Crippen molar-refractivity contribution in [3.05, 3.63) is 36.0 Å². The van der Waals surface area contributed by atoms with Gasteiger partial charge in [-0.25, -0.2) is 12.4 Å². The first-order valence-corrected chi connectivity index (χ1v) is 9.00. The Labute approximate surface area is 140 Å². The number of aryl methyl sites for hydroxylation is 1. The topological polar surface area (TPSA) is 73.1 Å². The van der Waals surface area contributed by atoms with Crippen molar-refractivity contribution in [2.75, 3.05) is 12.8 Å². The summed E-state index contributed by atoms with van der Waals surface area (Å²) < 4.78 is 64.0. The van der Waals surface area contributed by atoms with Crippen LogP contribution in [0.2, 0.25) is 0 Å². The molecule has 2 heterocycles.